The van der Waals surface area contributed by atoms with Crippen LogP contribution < -0.4 is 14.9 Å². The summed E-state index contributed by atoms with van der Waals surface area (Å²) in [6.45, 7) is 6.73. The number of anilines is 2. The summed E-state index contributed by atoms with van der Waals surface area (Å²) in [5.41, 5.74) is 1.70. The molecule has 1 atom stereocenters. The second-order valence-electron chi connectivity index (χ2n) is 10.7. The van der Waals surface area contributed by atoms with E-state index in [0.717, 1.165) is 17.5 Å². The van der Waals surface area contributed by atoms with Gasteiger partial charge in [0.05, 0.1) is 23.9 Å². The lowest BCUT2D eigenvalue weighted by atomic mass is 10.0. The summed E-state index contributed by atoms with van der Waals surface area (Å²) in [4.78, 5) is 26.6. The number of benzene rings is 2. The van der Waals surface area contributed by atoms with Gasteiger partial charge in [-0.1, -0.05) is 6.07 Å². The van der Waals surface area contributed by atoms with Crippen molar-refractivity contribution in [2.45, 2.75) is 43.7 Å². The molecule has 0 bridgehead atoms. The number of pyridine rings is 1. The lowest BCUT2D eigenvalue weighted by Crippen LogP contribution is -2.42. The molecule has 0 aliphatic carbocycles. The van der Waals surface area contributed by atoms with E-state index in [0.29, 0.717) is 48.0 Å². The van der Waals surface area contributed by atoms with E-state index in [1.165, 1.54) is 12.5 Å². The predicted molar refractivity (Wildman–Crippen MR) is 150 cm³/mol. The first kappa shape index (κ1) is 28.1. The number of hydrogen-bond donors (Lipinski definition) is 2. The summed E-state index contributed by atoms with van der Waals surface area (Å²) in [7, 11) is -4.34. The topological polar surface area (TPSA) is 126 Å². The molecule has 2 aromatic heterocycles. The van der Waals surface area contributed by atoms with Crippen LogP contribution in [0.3, 0.4) is 0 Å². The predicted octanol–water partition coefficient (Wildman–Crippen LogP) is 4.87. The zero-order valence-corrected chi connectivity index (χ0v) is 23.4. The molecule has 0 saturated carbocycles. The van der Waals surface area contributed by atoms with Gasteiger partial charge in [-0.2, -0.15) is 0 Å². The van der Waals surface area contributed by atoms with Crippen molar-refractivity contribution in [1.82, 2.24) is 20.3 Å². The number of aromatic nitrogens is 3. The average molecular weight is 583 g/mol. The number of amides is 1. The van der Waals surface area contributed by atoms with E-state index in [4.69, 9.17) is 4.74 Å². The number of nitrogens with one attached hydrogen (secondary N) is 2. The molecule has 1 saturated heterocycles. The highest BCUT2D eigenvalue weighted by Gasteiger charge is 2.29. The number of nitrogens with zero attached hydrogens (tertiary/aromatic N) is 4. The van der Waals surface area contributed by atoms with Crippen molar-refractivity contribution in [2.24, 2.45) is 0 Å². The molecule has 0 spiro atoms. The highest BCUT2D eigenvalue weighted by atomic mass is 32.2. The highest BCUT2D eigenvalue weighted by Crippen LogP contribution is 2.32. The Morgan fingerprint density at radius 1 is 1.05 bits per heavy atom. The van der Waals surface area contributed by atoms with Crippen molar-refractivity contribution >= 4 is 38.5 Å². The smallest absolute Gasteiger partial charge is 0.407 e. The fourth-order valence-electron chi connectivity index (χ4n) is 4.54. The highest BCUT2D eigenvalue weighted by molar-refractivity contribution is 7.92. The Morgan fingerprint density at radius 2 is 1.85 bits per heavy atom. The normalized spacial score (nSPS) is 15.6. The van der Waals surface area contributed by atoms with E-state index >= 15 is 0 Å². The third-order valence-corrected chi connectivity index (χ3v) is 7.73. The maximum absolute atomic E-state index is 14.1. The van der Waals surface area contributed by atoms with Gasteiger partial charge in [0.2, 0.25) is 0 Å². The molecule has 10 nitrogen and oxygen atoms in total. The van der Waals surface area contributed by atoms with Crippen molar-refractivity contribution in [3.63, 3.8) is 0 Å². The van der Waals surface area contributed by atoms with Crippen LogP contribution in [0.15, 0.2) is 66.1 Å². The van der Waals surface area contributed by atoms with Gasteiger partial charge in [0.15, 0.2) is 0 Å². The van der Waals surface area contributed by atoms with Crippen LogP contribution >= 0.6 is 0 Å². The summed E-state index contributed by atoms with van der Waals surface area (Å²) in [6, 6.07) is 9.32. The number of carbonyl (C=O) groups excluding carboxylic acids is 1. The number of alkyl carbamates (subject to hydrolysis) is 1. The molecule has 5 rings (SSSR count). The molecule has 2 N–H and O–H groups in total. The Labute approximate surface area is 235 Å². The van der Waals surface area contributed by atoms with E-state index < -0.39 is 38.2 Å². The van der Waals surface area contributed by atoms with Crippen molar-refractivity contribution in [3.05, 3.63) is 72.8 Å². The van der Waals surface area contributed by atoms with Crippen LogP contribution in [0.2, 0.25) is 0 Å². The standard InChI is InChI=1S/C28H28F2N6O4S/c1-28(2,3)34-27(37)40-21-8-9-36(15-21)26-22-11-17(4-6-24(22)32-16-33-26)18-10-20(14-31-13-18)35-41(38,39)25-7-5-19(29)12-23(25)30/h4-7,10-14,16,21,35H,8-9,15H2,1-3H3,(H,34,37)/t21-/m1/s1. The van der Waals surface area contributed by atoms with Gasteiger partial charge in [-0.25, -0.2) is 32.0 Å². The van der Waals surface area contributed by atoms with Crippen LogP contribution in [0.5, 0.6) is 0 Å². The Bertz CT molecular complexity index is 1730. The molecule has 13 heteroatoms. The van der Waals surface area contributed by atoms with Gasteiger partial charge in [0, 0.05) is 41.7 Å². The molecule has 0 radical (unpaired) electrons. The minimum atomic E-state index is -4.34. The van der Waals surface area contributed by atoms with Gasteiger partial charge in [-0.15, -0.1) is 0 Å². The van der Waals surface area contributed by atoms with Gasteiger partial charge in [-0.3, -0.25) is 9.71 Å². The van der Waals surface area contributed by atoms with Gasteiger partial charge < -0.3 is 15.0 Å². The van der Waals surface area contributed by atoms with E-state index in [2.05, 4.69) is 25.0 Å². The molecule has 1 fully saturated rings. The largest absolute Gasteiger partial charge is 0.444 e. The van der Waals surface area contributed by atoms with Crippen LogP contribution in [0, 0.1) is 11.6 Å². The summed E-state index contributed by atoms with van der Waals surface area (Å²) in [5, 5.41) is 3.55. The Kier molecular flexibility index (Phi) is 7.47. The summed E-state index contributed by atoms with van der Waals surface area (Å²) >= 11 is 0. The van der Waals surface area contributed by atoms with Crippen molar-refractivity contribution in [1.29, 1.82) is 0 Å². The van der Waals surface area contributed by atoms with Gasteiger partial charge in [0.25, 0.3) is 10.0 Å². The lowest BCUT2D eigenvalue weighted by molar-refractivity contribution is 0.101. The van der Waals surface area contributed by atoms with E-state index in [-0.39, 0.29) is 11.8 Å². The van der Waals surface area contributed by atoms with Crippen LogP contribution in [0.25, 0.3) is 22.0 Å². The van der Waals surface area contributed by atoms with Crippen LogP contribution in [0.1, 0.15) is 27.2 Å². The number of fused-ring (bicyclic) bond motifs is 1. The lowest BCUT2D eigenvalue weighted by Gasteiger charge is -2.22. The molecule has 1 aliphatic rings. The Hall–Kier alpha value is -4.39. The SMILES string of the molecule is CC(C)(C)NC(=O)O[C@@H]1CCN(c2ncnc3ccc(-c4cncc(NS(=O)(=O)c5ccc(F)cc5F)c4)cc23)C1. The molecule has 3 heterocycles. The monoisotopic (exact) mass is 582 g/mol. The fourth-order valence-corrected chi connectivity index (χ4v) is 5.63. The van der Waals surface area contributed by atoms with Gasteiger partial charge >= 0.3 is 6.09 Å². The zero-order valence-electron chi connectivity index (χ0n) is 22.6. The molecule has 4 aromatic rings. The van der Waals surface area contributed by atoms with E-state index in [9.17, 15) is 22.0 Å². The van der Waals surface area contributed by atoms with E-state index in [1.807, 2.05) is 43.9 Å². The molecular formula is C28H28F2N6O4S. The summed E-state index contributed by atoms with van der Waals surface area (Å²) < 4.78 is 60.8. The van der Waals surface area contributed by atoms with Crippen molar-refractivity contribution in [2.75, 3.05) is 22.7 Å². The molecule has 0 unspecified atom stereocenters. The first-order valence-corrected chi connectivity index (χ1v) is 14.3. The van der Waals surface area contributed by atoms with Crippen LogP contribution in [-0.4, -0.2) is 54.2 Å². The fraction of sp³-hybridized carbons (Fsp3) is 0.286. The third-order valence-electron chi connectivity index (χ3n) is 6.32. The maximum atomic E-state index is 14.1. The molecule has 214 valence electrons. The quantitative estimate of drug-likeness (QED) is 0.330. The van der Waals surface area contributed by atoms with Crippen LogP contribution in [0.4, 0.5) is 25.1 Å². The first-order chi connectivity index (χ1) is 19.4. The number of halogens is 2. The van der Waals surface area contributed by atoms with Crippen LogP contribution in [-0.2, 0) is 14.8 Å². The Balaban J connectivity index is 1.38. The van der Waals surface area contributed by atoms with Crippen molar-refractivity contribution < 1.29 is 26.7 Å². The maximum Gasteiger partial charge on any atom is 0.407 e. The second kappa shape index (κ2) is 10.9. The number of hydrogen-bond acceptors (Lipinski definition) is 8. The van der Waals surface area contributed by atoms with E-state index in [1.54, 1.807) is 12.3 Å². The summed E-state index contributed by atoms with van der Waals surface area (Å²) in [6.07, 6.45) is 4.20. The molecular weight excluding hydrogens is 554 g/mol. The molecule has 1 amide bonds. The van der Waals surface area contributed by atoms with Crippen molar-refractivity contribution in [3.8, 4) is 11.1 Å². The summed E-state index contributed by atoms with van der Waals surface area (Å²) in [5.74, 6) is -1.41. The number of ether oxygens (including phenoxy) is 1. The molecule has 2 aromatic carbocycles. The second-order valence-corrected chi connectivity index (χ2v) is 12.4. The molecule has 41 heavy (non-hydrogen) atoms. The first-order valence-electron chi connectivity index (χ1n) is 12.8. The minimum Gasteiger partial charge on any atom is -0.444 e. The van der Waals surface area contributed by atoms with Gasteiger partial charge in [0.1, 0.15) is 34.8 Å². The molecule has 1 aliphatic heterocycles. The van der Waals surface area contributed by atoms with Gasteiger partial charge in [-0.05, 0) is 56.7 Å². The third kappa shape index (κ3) is 6.51. The average Bonchev–Trinajstić information content (AvgIpc) is 3.34. The number of sulfonamides is 1. The Morgan fingerprint density at radius 3 is 2.61 bits per heavy atom. The number of carbonyl (C=O) groups is 1. The zero-order chi connectivity index (χ0) is 29.4. The number of rotatable bonds is 6. The minimum absolute atomic E-state index is 0.101.